The molecule has 0 spiro atoms. The van der Waals surface area contributed by atoms with E-state index in [1.165, 1.54) is 7.11 Å². The molecule has 0 aromatic carbocycles. The summed E-state index contributed by atoms with van der Waals surface area (Å²) in [5, 5.41) is 7.71. The maximum atomic E-state index is 9.81. The quantitative estimate of drug-likeness (QED) is 0.451. The second-order valence-corrected chi connectivity index (χ2v) is 1.41. The van der Waals surface area contributed by atoms with Gasteiger partial charge in [0.15, 0.2) is 5.03 Å². The van der Waals surface area contributed by atoms with Gasteiger partial charge in [0.25, 0.3) is 0 Å². The largest absolute Gasteiger partial charge is 0.503 e. The molecule has 0 rings (SSSR count). The normalized spacial score (nSPS) is 11.0. The first kappa shape index (κ1) is 7.30. The van der Waals surface area contributed by atoms with E-state index in [1.807, 2.05) is 0 Å². The number of ether oxygens (including phenoxy) is 1. The SMILES string of the molecule is COC=C(Cl)C(=O)O. The minimum Gasteiger partial charge on any atom is -0.503 e. The molecule has 0 saturated carbocycles. The van der Waals surface area contributed by atoms with Crippen molar-refractivity contribution >= 4 is 17.6 Å². The lowest BCUT2D eigenvalue weighted by molar-refractivity contribution is -0.132. The molecule has 0 saturated heterocycles. The van der Waals surface area contributed by atoms with Gasteiger partial charge in [-0.25, -0.2) is 4.79 Å². The summed E-state index contributed by atoms with van der Waals surface area (Å²) in [7, 11) is 1.32. The Labute approximate surface area is 51.5 Å². The fraction of sp³-hybridized carbons (Fsp3) is 0.250. The predicted octanol–water partition coefficient (Wildman–Crippen LogP) is 0.798. The maximum Gasteiger partial charge on any atom is 0.350 e. The Morgan fingerprint density at radius 2 is 2.38 bits per heavy atom. The summed E-state index contributed by atoms with van der Waals surface area (Å²) in [5.74, 6) is -1.19. The standard InChI is InChI=1S/C4H5ClO3/c1-8-2-3(5)4(6)7/h2H,1H3,(H,6,7). The number of methoxy groups -OCH3 is 1. The molecule has 0 aliphatic rings. The molecular weight excluding hydrogens is 131 g/mol. The van der Waals surface area contributed by atoms with Gasteiger partial charge in [0, 0.05) is 0 Å². The highest BCUT2D eigenvalue weighted by molar-refractivity contribution is 6.40. The fourth-order valence-electron chi connectivity index (χ4n) is 0.154. The van der Waals surface area contributed by atoms with Gasteiger partial charge in [-0.05, 0) is 0 Å². The molecule has 0 radical (unpaired) electrons. The minimum atomic E-state index is -1.19. The fourth-order valence-corrected chi connectivity index (χ4v) is 0.243. The molecule has 0 aromatic rings. The Bertz CT molecular complexity index is 118. The van der Waals surface area contributed by atoms with E-state index < -0.39 is 5.97 Å². The number of halogens is 1. The predicted molar refractivity (Wildman–Crippen MR) is 28.6 cm³/mol. The van der Waals surface area contributed by atoms with Crippen molar-refractivity contribution in [2.75, 3.05) is 7.11 Å². The van der Waals surface area contributed by atoms with Crippen LogP contribution in [0.1, 0.15) is 0 Å². The Morgan fingerprint density at radius 3 is 2.50 bits per heavy atom. The monoisotopic (exact) mass is 136 g/mol. The van der Waals surface area contributed by atoms with E-state index in [0.717, 1.165) is 6.26 Å². The second kappa shape index (κ2) is 3.32. The van der Waals surface area contributed by atoms with Crippen LogP contribution in [0.25, 0.3) is 0 Å². The van der Waals surface area contributed by atoms with E-state index in [2.05, 4.69) is 4.74 Å². The molecule has 0 amide bonds. The van der Waals surface area contributed by atoms with Crippen LogP contribution in [0.15, 0.2) is 11.3 Å². The molecule has 0 bridgehead atoms. The van der Waals surface area contributed by atoms with Gasteiger partial charge < -0.3 is 9.84 Å². The molecule has 0 heterocycles. The summed E-state index contributed by atoms with van der Waals surface area (Å²) in [4.78, 5) is 9.81. The van der Waals surface area contributed by atoms with Crippen molar-refractivity contribution in [3.05, 3.63) is 11.3 Å². The summed E-state index contributed by atoms with van der Waals surface area (Å²) in [6.45, 7) is 0. The first-order chi connectivity index (χ1) is 3.68. The molecule has 3 nitrogen and oxygen atoms in total. The second-order valence-electron chi connectivity index (χ2n) is 1.01. The number of carbonyl (C=O) groups is 1. The van der Waals surface area contributed by atoms with E-state index in [9.17, 15) is 4.79 Å². The Morgan fingerprint density at radius 1 is 1.88 bits per heavy atom. The van der Waals surface area contributed by atoms with Crippen molar-refractivity contribution < 1.29 is 14.6 Å². The molecule has 0 aromatic heterocycles. The van der Waals surface area contributed by atoms with E-state index >= 15 is 0 Å². The molecule has 46 valence electrons. The van der Waals surface area contributed by atoms with Crippen molar-refractivity contribution in [1.82, 2.24) is 0 Å². The average molecular weight is 137 g/mol. The highest BCUT2D eigenvalue weighted by Gasteiger charge is 2.00. The van der Waals surface area contributed by atoms with Crippen molar-refractivity contribution in [1.29, 1.82) is 0 Å². The van der Waals surface area contributed by atoms with Gasteiger partial charge in [0.1, 0.15) is 6.26 Å². The third-order valence-corrected chi connectivity index (χ3v) is 0.676. The van der Waals surface area contributed by atoms with Gasteiger partial charge in [-0.3, -0.25) is 0 Å². The number of carboxylic acids is 1. The number of hydrogen-bond donors (Lipinski definition) is 1. The average Bonchev–Trinajstić information content (AvgIpc) is 1.67. The third kappa shape index (κ3) is 2.47. The lowest BCUT2D eigenvalue weighted by Gasteiger charge is -1.87. The Balaban J connectivity index is 3.80. The number of aliphatic carboxylic acids is 1. The van der Waals surface area contributed by atoms with Gasteiger partial charge >= 0.3 is 5.97 Å². The van der Waals surface area contributed by atoms with E-state index in [1.54, 1.807) is 0 Å². The van der Waals surface area contributed by atoms with Gasteiger partial charge in [-0.2, -0.15) is 0 Å². The molecule has 0 fully saturated rings. The topological polar surface area (TPSA) is 46.5 Å². The lowest BCUT2D eigenvalue weighted by Crippen LogP contribution is -1.93. The molecule has 0 aliphatic heterocycles. The molecular formula is C4H5ClO3. The van der Waals surface area contributed by atoms with Crippen LogP contribution in [0.2, 0.25) is 0 Å². The van der Waals surface area contributed by atoms with Crippen LogP contribution >= 0.6 is 11.6 Å². The highest BCUT2D eigenvalue weighted by Crippen LogP contribution is 1.98. The minimum absolute atomic E-state index is 0.326. The zero-order valence-electron chi connectivity index (χ0n) is 4.22. The zero-order chi connectivity index (χ0) is 6.57. The molecule has 0 unspecified atom stereocenters. The van der Waals surface area contributed by atoms with Crippen LogP contribution < -0.4 is 0 Å². The molecule has 4 heteroatoms. The lowest BCUT2D eigenvalue weighted by atomic mass is 10.6. The first-order valence-corrected chi connectivity index (χ1v) is 2.18. The first-order valence-electron chi connectivity index (χ1n) is 1.80. The Kier molecular flexibility index (Phi) is 3.03. The number of rotatable bonds is 2. The molecule has 1 N–H and O–H groups in total. The van der Waals surface area contributed by atoms with Crippen molar-refractivity contribution in [2.24, 2.45) is 0 Å². The van der Waals surface area contributed by atoms with Crippen molar-refractivity contribution in [2.45, 2.75) is 0 Å². The van der Waals surface area contributed by atoms with Crippen molar-refractivity contribution in [3.63, 3.8) is 0 Å². The van der Waals surface area contributed by atoms with E-state index in [0.29, 0.717) is 0 Å². The number of carboxylic acid groups (broad SMARTS) is 1. The maximum absolute atomic E-state index is 9.81. The zero-order valence-corrected chi connectivity index (χ0v) is 4.97. The van der Waals surface area contributed by atoms with Crippen LogP contribution in [0.5, 0.6) is 0 Å². The van der Waals surface area contributed by atoms with Crippen molar-refractivity contribution in [3.8, 4) is 0 Å². The van der Waals surface area contributed by atoms with E-state index in [4.69, 9.17) is 16.7 Å². The third-order valence-electron chi connectivity index (χ3n) is 0.426. The van der Waals surface area contributed by atoms with Crippen LogP contribution in [0, 0.1) is 0 Å². The smallest absolute Gasteiger partial charge is 0.350 e. The van der Waals surface area contributed by atoms with Crippen LogP contribution in [0.4, 0.5) is 0 Å². The van der Waals surface area contributed by atoms with Crippen LogP contribution in [0.3, 0.4) is 0 Å². The van der Waals surface area contributed by atoms with Gasteiger partial charge in [0.05, 0.1) is 7.11 Å². The highest BCUT2D eigenvalue weighted by atomic mass is 35.5. The van der Waals surface area contributed by atoms with Gasteiger partial charge in [-0.15, -0.1) is 0 Å². The van der Waals surface area contributed by atoms with Gasteiger partial charge in [-0.1, -0.05) is 11.6 Å². The van der Waals surface area contributed by atoms with E-state index in [-0.39, 0.29) is 5.03 Å². The Hall–Kier alpha value is -0.700. The van der Waals surface area contributed by atoms with Crippen LogP contribution in [-0.4, -0.2) is 18.2 Å². The molecule has 0 atom stereocenters. The summed E-state index contributed by atoms with van der Waals surface area (Å²) in [6, 6.07) is 0. The number of hydrogen-bond acceptors (Lipinski definition) is 2. The molecule has 0 aliphatic carbocycles. The van der Waals surface area contributed by atoms with Gasteiger partial charge in [0.2, 0.25) is 0 Å². The summed E-state index contributed by atoms with van der Waals surface area (Å²) >= 11 is 5.05. The summed E-state index contributed by atoms with van der Waals surface area (Å²) < 4.78 is 4.29. The van der Waals surface area contributed by atoms with Crippen LogP contribution in [-0.2, 0) is 9.53 Å². The summed E-state index contributed by atoms with van der Waals surface area (Å²) in [5.41, 5.74) is 0. The molecule has 8 heavy (non-hydrogen) atoms. The summed E-state index contributed by atoms with van der Waals surface area (Å²) in [6.07, 6.45) is 0.948.